The smallest absolute Gasteiger partial charge is 0.337 e. The zero-order valence-electron chi connectivity index (χ0n) is 36.5. The number of unbranched alkanes of at least 4 members (excludes halogenated alkanes) is 8. The van der Waals surface area contributed by atoms with Crippen LogP contribution in [0.25, 0.3) is 0 Å². The molecule has 9 heteroatoms. The summed E-state index contributed by atoms with van der Waals surface area (Å²) in [5.41, 5.74) is -0.810. The van der Waals surface area contributed by atoms with Gasteiger partial charge in [0.25, 0.3) is 0 Å². The van der Waals surface area contributed by atoms with Crippen LogP contribution in [0.4, 0.5) is 0 Å². The summed E-state index contributed by atoms with van der Waals surface area (Å²) in [6.07, 6.45) is 36.3. The summed E-state index contributed by atoms with van der Waals surface area (Å²) in [5, 5.41) is 18.1. The molecule has 0 amide bonds. The third kappa shape index (κ3) is 20.4. The van der Waals surface area contributed by atoms with Gasteiger partial charge in [-0.15, -0.1) is 0 Å². The maximum atomic E-state index is 12.6. The molecule has 320 valence electrons. The second kappa shape index (κ2) is 31.2. The Bertz CT molecular complexity index is 1240. The van der Waals surface area contributed by atoms with Gasteiger partial charge in [-0.1, -0.05) is 24.3 Å². The number of aromatic carboxylic acids is 2. The van der Waals surface area contributed by atoms with Crippen LogP contribution in [0.1, 0.15) is 179 Å². The van der Waals surface area contributed by atoms with E-state index in [0.717, 1.165) is 24.3 Å². The maximum Gasteiger partial charge on any atom is 0.337 e. The number of rotatable bonds is 28. The number of carboxylic acids is 2. The van der Waals surface area contributed by atoms with Gasteiger partial charge < -0.3 is 10.2 Å². The van der Waals surface area contributed by atoms with Crippen molar-refractivity contribution in [1.82, 2.24) is 0 Å². The van der Waals surface area contributed by atoms with Crippen LogP contribution >= 0.6 is 14.5 Å². The van der Waals surface area contributed by atoms with Crippen LogP contribution in [-0.2, 0) is 9.84 Å². The molecular weight excluding hydrogens is 743 g/mol. The fourth-order valence-electron chi connectivity index (χ4n) is 7.79. The molecule has 2 rings (SSSR count). The summed E-state index contributed by atoms with van der Waals surface area (Å²) in [6.45, 7) is 18.9. The standard InChI is InChI=1S/2C16H37P.C14H10O6S/c2*1-5-9-13-17(14-10-6-2,15-11-7-3)16-12-8-4;15-13(16)9-5-1-3-7-11(9)21(19,20)12-8-4-2-6-10(12)14(17)18/h2*17H,5-16H2,1-4H3;1-8H,(H,15,16)(H,17,18). The van der Waals surface area contributed by atoms with E-state index in [2.05, 4.69) is 55.4 Å². The van der Waals surface area contributed by atoms with E-state index in [0.29, 0.717) is 0 Å². The van der Waals surface area contributed by atoms with Crippen LogP contribution in [0, 0.1) is 0 Å². The molecule has 0 atom stereocenters. The number of carbonyl (C=O) groups is 2. The summed E-state index contributed by atoms with van der Waals surface area (Å²) in [7, 11) is -6.01. The first-order valence-electron chi connectivity index (χ1n) is 22.2. The summed E-state index contributed by atoms with van der Waals surface area (Å²) >= 11 is 0. The molecule has 2 aromatic rings. The van der Waals surface area contributed by atoms with E-state index < -0.39 is 57.2 Å². The van der Waals surface area contributed by atoms with E-state index in [4.69, 9.17) is 10.2 Å². The van der Waals surface area contributed by atoms with Crippen molar-refractivity contribution in [2.45, 2.75) is 168 Å². The van der Waals surface area contributed by atoms with Gasteiger partial charge in [-0.3, -0.25) is 0 Å². The Labute approximate surface area is 340 Å². The Hall–Kier alpha value is -1.81. The van der Waals surface area contributed by atoms with Crippen LogP contribution in [0.2, 0.25) is 0 Å². The van der Waals surface area contributed by atoms with E-state index in [1.807, 2.05) is 0 Å². The summed E-state index contributed by atoms with van der Waals surface area (Å²) in [4.78, 5) is 21.4. The normalized spacial score (nSPS) is 12.2. The van der Waals surface area contributed by atoms with Crippen molar-refractivity contribution < 1.29 is 28.2 Å². The molecule has 0 aromatic heterocycles. The molecule has 0 saturated heterocycles. The number of hydrogen-bond acceptors (Lipinski definition) is 4. The molecule has 2 N–H and O–H groups in total. The van der Waals surface area contributed by atoms with E-state index in [1.54, 1.807) is 49.3 Å². The zero-order valence-corrected chi connectivity index (χ0v) is 39.3. The maximum absolute atomic E-state index is 12.6. The van der Waals surface area contributed by atoms with Crippen LogP contribution in [0.5, 0.6) is 0 Å². The van der Waals surface area contributed by atoms with Gasteiger partial charge in [0, 0.05) is 0 Å². The monoisotopic (exact) mass is 827 g/mol. The Morgan fingerprint density at radius 3 is 0.800 bits per heavy atom. The topological polar surface area (TPSA) is 109 Å². The summed E-state index contributed by atoms with van der Waals surface area (Å²) in [6, 6.07) is 10.1. The van der Waals surface area contributed by atoms with Crippen LogP contribution < -0.4 is 0 Å². The minimum atomic E-state index is -4.25. The Morgan fingerprint density at radius 1 is 0.418 bits per heavy atom. The first-order valence-corrected chi connectivity index (χ1v) is 29.4. The molecule has 2 aromatic carbocycles. The van der Waals surface area contributed by atoms with Crippen molar-refractivity contribution in [3.05, 3.63) is 59.7 Å². The molecule has 0 saturated carbocycles. The van der Waals surface area contributed by atoms with Gasteiger partial charge in [0.1, 0.15) is 0 Å². The molecule has 0 heterocycles. The molecule has 0 bridgehead atoms. The van der Waals surface area contributed by atoms with Crippen molar-refractivity contribution in [3.63, 3.8) is 0 Å². The van der Waals surface area contributed by atoms with Gasteiger partial charge >= 0.3 is 234 Å². The predicted molar refractivity (Wildman–Crippen MR) is 247 cm³/mol. The van der Waals surface area contributed by atoms with E-state index in [1.165, 1.54) is 127 Å². The molecule has 0 aliphatic heterocycles. The van der Waals surface area contributed by atoms with Crippen molar-refractivity contribution in [1.29, 1.82) is 0 Å². The van der Waals surface area contributed by atoms with E-state index in [-0.39, 0.29) is 0 Å². The van der Waals surface area contributed by atoms with Crippen molar-refractivity contribution >= 4 is 36.3 Å². The molecule has 0 fully saturated rings. The molecule has 55 heavy (non-hydrogen) atoms. The molecule has 0 aliphatic carbocycles. The minimum absolute atomic E-state index is 0.405. The molecule has 0 radical (unpaired) electrons. The number of benzene rings is 2. The minimum Gasteiger partial charge on any atom is -0.478 e. The SMILES string of the molecule is CCCC[PH](CCCC)(CCCC)CCCC.CCCC[PH](CCCC)(CCCC)CCCC.O=C(O)c1ccccc1S(=O)(=O)c1ccccc1C(=O)O. The van der Waals surface area contributed by atoms with Gasteiger partial charge in [0.15, 0.2) is 0 Å². The van der Waals surface area contributed by atoms with Crippen LogP contribution in [0.15, 0.2) is 58.3 Å². The summed E-state index contributed by atoms with van der Waals surface area (Å²) in [5.74, 6) is -2.80. The second-order valence-corrected chi connectivity index (χ2v) is 27.8. The third-order valence-electron chi connectivity index (χ3n) is 11.3. The van der Waals surface area contributed by atoms with Gasteiger partial charge in [-0.2, -0.15) is 0 Å². The number of carboxylic acid groups (broad SMARTS) is 2. The first-order chi connectivity index (χ1) is 26.3. The molecule has 0 unspecified atom stereocenters. The van der Waals surface area contributed by atoms with Gasteiger partial charge in [0.05, 0.1) is 20.9 Å². The van der Waals surface area contributed by atoms with Crippen LogP contribution in [0.3, 0.4) is 0 Å². The van der Waals surface area contributed by atoms with E-state index >= 15 is 0 Å². The van der Waals surface area contributed by atoms with Crippen molar-refractivity contribution in [2.75, 3.05) is 49.3 Å². The zero-order chi connectivity index (χ0) is 41.6. The van der Waals surface area contributed by atoms with E-state index in [9.17, 15) is 18.0 Å². The van der Waals surface area contributed by atoms with Crippen LogP contribution in [-0.4, -0.2) is 79.9 Å². The Kier molecular flexibility index (Phi) is 30.2. The molecule has 6 nitrogen and oxygen atoms in total. The Balaban J connectivity index is 0.000000804. The average Bonchev–Trinajstić information content (AvgIpc) is 3.20. The molecule has 0 spiro atoms. The van der Waals surface area contributed by atoms with Crippen molar-refractivity contribution in [3.8, 4) is 0 Å². The average molecular weight is 827 g/mol. The largest absolute Gasteiger partial charge is 0.478 e. The second-order valence-electron chi connectivity index (χ2n) is 15.9. The van der Waals surface area contributed by atoms with Crippen molar-refractivity contribution in [2.24, 2.45) is 0 Å². The predicted octanol–water partition coefficient (Wildman–Crippen LogP) is 13.8. The fraction of sp³-hybridized carbons (Fsp3) is 0.696. The quantitative estimate of drug-likeness (QED) is 0.0827. The summed E-state index contributed by atoms with van der Waals surface area (Å²) < 4.78 is 25.1. The number of sulfone groups is 1. The van der Waals surface area contributed by atoms with Gasteiger partial charge in [0.2, 0.25) is 9.84 Å². The third-order valence-corrected chi connectivity index (χ3v) is 24.5. The number of hydrogen-bond donors (Lipinski definition) is 2. The molecular formula is C46H84O6P2S. The first kappa shape index (κ1) is 53.2. The van der Waals surface area contributed by atoms with Gasteiger partial charge in [-0.05, 0) is 24.3 Å². The fourth-order valence-corrected chi connectivity index (χ4v) is 21.3. The Morgan fingerprint density at radius 2 is 0.618 bits per heavy atom. The van der Waals surface area contributed by atoms with Gasteiger partial charge in [-0.25, -0.2) is 18.0 Å². The molecule has 0 aliphatic rings.